The average Bonchev–Trinajstić information content (AvgIpc) is 2.87. The molecule has 12 heteroatoms. The van der Waals surface area contributed by atoms with E-state index in [0.29, 0.717) is 11.1 Å². The summed E-state index contributed by atoms with van der Waals surface area (Å²) in [6.07, 6.45) is -1.21. The molecular weight excluding hydrogens is 516 g/mol. The van der Waals surface area contributed by atoms with Crippen LogP contribution in [-0.4, -0.2) is 79.1 Å². The Kier molecular flexibility index (Phi) is 9.17. The number of aliphatic hydroxyl groups excluding tert-OH is 1. The number of hydrogen-bond acceptors (Lipinski definition) is 12. The van der Waals surface area contributed by atoms with Gasteiger partial charge in [0.2, 0.25) is 0 Å². The lowest BCUT2D eigenvalue weighted by atomic mass is 9.79. The standard InChI is InChI=1S/C27H28O12/c1-2-37-26(35)27(36)13-21(32)25(39-24(34)10-6-16-4-8-18(29)20(31)12-16)22(14-27)38-23(33)9-5-15-3-7-17(28)19(30)11-15/h3-12,21-22,25,28-32,36H,2,13-14H2,1H3/t21-,22-,25-,27+/m1/s1. The molecule has 0 aliphatic heterocycles. The van der Waals surface area contributed by atoms with Crippen LogP contribution in [0.25, 0.3) is 12.2 Å². The number of benzene rings is 2. The smallest absolute Gasteiger partial charge is 0.338 e. The molecule has 1 saturated carbocycles. The van der Waals surface area contributed by atoms with E-state index in [1.165, 1.54) is 55.5 Å². The van der Waals surface area contributed by atoms with Gasteiger partial charge in [-0.05, 0) is 54.5 Å². The van der Waals surface area contributed by atoms with Crippen molar-refractivity contribution in [2.45, 2.75) is 43.7 Å². The Balaban J connectivity index is 1.78. The number of phenolic OH excluding ortho intramolecular Hbond substituents is 4. The summed E-state index contributed by atoms with van der Waals surface area (Å²) in [4.78, 5) is 37.4. The molecule has 0 saturated heterocycles. The Hall–Kier alpha value is -4.55. The summed E-state index contributed by atoms with van der Waals surface area (Å²) in [5, 5.41) is 59.5. The van der Waals surface area contributed by atoms with Crippen LogP contribution in [0.4, 0.5) is 0 Å². The summed E-state index contributed by atoms with van der Waals surface area (Å²) >= 11 is 0. The first-order valence-electron chi connectivity index (χ1n) is 11.8. The number of esters is 3. The molecule has 1 aliphatic rings. The molecule has 3 rings (SSSR count). The van der Waals surface area contributed by atoms with Crippen LogP contribution in [0.1, 0.15) is 30.9 Å². The molecule has 0 radical (unpaired) electrons. The second kappa shape index (κ2) is 12.3. The van der Waals surface area contributed by atoms with Crippen molar-refractivity contribution in [3.05, 3.63) is 59.7 Å². The van der Waals surface area contributed by atoms with E-state index in [9.17, 15) is 45.0 Å². The Morgan fingerprint density at radius 2 is 1.36 bits per heavy atom. The number of ether oxygens (including phenoxy) is 3. The normalized spacial score (nSPS) is 23.0. The summed E-state index contributed by atoms with van der Waals surface area (Å²) in [5.41, 5.74) is -1.55. The van der Waals surface area contributed by atoms with Crippen LogP contribution < -0.4 is 0 Å². The van der Waals surface area contributed by atoms with Crippen molar-refractivity contribution < 1.29 is 59.2 Å². The molecule has 39 heavy (non-hydrogen) atoms. The topological polar surface area (TPSA) is 200 Å². The fourth-order valence-corrected chi connectivity index (χ4v) is 3.92. The van der Waals surface area contributed by atoms with Gasteiger partial charge < -0.3 is 44.8 Å². The first-order valence-corrected chi connectivity index (χ1v) is 11.8. The van der Waals surface area contributed by atoms with Gasteiger partial charge in [-0.25, -0.2) is 14.4 Å². The maximum atomic E-state index is 12.6. The Morgan fingerprint density at radius 1 is 0.846 bits per heavy atom. The van der Waals surface area contributed by atoms with Crippen molar-refractivity contribution in [2.75, 3.05) is 6.61 Å². The van der Waals surface area contributed by atoms with Gasteiger partial charge in [0.15, 0.2) is 34.7 Å². The molecule has 4 atom stereocenters. The molecule has 0 spiro atoms. The second-order valence-electron chi connectivity index (χ2n) is 8.77. The van der Waals surface area contributed by atoms with E-state index in [1.807, 2.05) is 0 Å². The van der Waals surface area contributed by atoms with Crippen LogP contribution in [0.5, 0.6) is 23.0 Å². The molecule has 208 valence electrons. The highest BCUT2D eigenvalue weighted by Gasteiger charge is 2.53. The molecule has 0 aromatic heterocycles. The molecule has 0 bridgehead atoms. The fourth-order valence-electron chi connectivity index (χ4n) is 3.92. The van der Waals surface area contributed by atoms with Gasteiger partial charge in [-0.15, -0.1) is 0 Å². The quantitative estimate of drug-likeness (QED) is 0.121. The monoisotopic (exact) mass is 544 g/mol. The highest BCUT2D eigenvalue weighted by atomic mass is 16.6. The molecule has 0 heterocycles. The van der Waals surface area contributed by atoms with Gasteiger partial charge >= 0.3 is 17.9 Å². The first-order chi connectivity index (χ1) is 18.4. The molecule has 0 unspecified atom stereocenters. The summed E-state index contributed by atoms with van der Waals surface area (Å²) in [5.74, 6) is -4.53. The first kappa shape index (κ1) is 29.0. The fraction of sp³-hybridized carbons (Fsp3) is 0.296. The minimum atomic E-state index is -2.23. The Bertz CT molecular complexity index is 1280. The molecule has 2 aromatic carbocycles. The lowest BCUT2D eigenvalue weighted by Gasteiger charge is -2.41. The number of carbonyl (C=O) groups is 3. The minimum absolute atomic E-state index is 0.0556. The highest BCUT2D eigenvalue weighted by Crippen LogP contribution is 2.34. The van der Waals surface area contributed by atoms with E-state index in [4.69, 9.17) is 14.2 Å². The molecule has 0 amide bonds. The van der Waals surface area contributed by atoms with Gasteiger partial charge in [0.05, 0.1) is 12.7 Å². The van der Waals surface area contributed by atoms with E-state index in [0.717, 1.165) is 12.2 Å². The van der Waals surface area contributed by atoms with Crippen LogP contribution >= 0.6 is 0 Å². The van der Waals surface area contributed by atoms with Gasteiger partial charge in [0.25, 0.3) is 0 Å². The average molecular weight is 545 g/mol. The van der Waals surface area contributed by atoms with Gasteiger partial charge in [-0.1, -0.05) is 12.1 Å². The van der Waals surface area contributed by atoms with Crippen molar-refractivity contribution in [1.82, 2.24) is 0 Å². The summed E-state index contributed by atoms with van der Waals surface area (Å²) in [6, 6.07) is 7.63. The lowest BCUT2D eigenvalue weighted by molar-refractivity contribution is -0.207. The third-order valence-electron chi connectivity index (χ3n) is 5.83. The van der Waals surface area contributed by atoms with Gasteiger partial charge in [0.1, 0.15) is 6.10 Å². The maximum Gasteiger partial charge on any atom is 0.338 e. The zero-order valence-corrected chi connectivity index (χ0v) is 20.8. The summed E-state index contributed by atoms with van der Waals surface area (Å²) in [6.45, 7) is 1.47. The zero-order valence-electron chi connectivity index (χ0n) is 20.8. The largest absolute Gasteiger partial charge is 0.504 e. The zero-order chi connectivity index (χ0) is 28.7. The molecule has 2 aromatic rings. The van der Waals surface area contributed by atoms with Crippen molar-refractivity contribution >= 4 is 30.1 Å². The van der Waals surface area contributed by atoms with Gasteiger partial charge in [0, 0.05) is 25.0 Å². The van der Waals surface area contributed by atoms with Crippen molar-refractivity contribution in [1.29, 1.82) is 0 Å². The Labute approximate surface area is 222 Å². The van der Waals surface area contributed by atoms with Gasteiger partial charge in [-0.2, -0.15) is 0 Å². The van der Waals surface area contributed by atoms with E-state index in [1.54, 1.807) is 0 Å². The summed E-state index contributed by atoms with van der Waals surface area (Å²) < 4.78 is 15.5. The molecule has 1 aliphatic carbocycles. The predicted octanol–water partition coefficient (Wildman–Crippen LogP) is 1.51. The maximum absolute atomic E-state index is 12.6. The molecule has 1 fully saturated rings. The SMILES string of the molecule is CCOC(=O)[C@]1(O)C[C@@H](O)[C@@H](OC(=O)C=Cc2ccc(O)c(O)c2)[C@H](OC(=O)C=Cc2ccc(O)c(O)c2)C1. The van der Waals surface area contributed by atoms with Crippen LogP contribution in [0.15, 0.2) is 48.6 Å². The van der Waals surface area contributed by atoms with Crippen LogP contribution in [0.3, 0.4) is 0 Å². The van der Waals surface area contributed by atoms with E-state index >= 15 is 0 Å². The highest BCUT2D eigenvalue weighted by molar-refractivity contribution is 5.88. The lowest BCUT2D eigenvalue weighted by Crippen LogP contribution is -2.58. The number of hydrogen-bond donors (Lipinski definition) is 6. The van der Waals surface area contributed by atoms with Crippen LogP contribution in [0, 0.1) is 0 Å². The third kappa shape index (κ3) is 7.49. The number of aliphatic hydroxyl groups is 2. The third-order valence-corrected chi connectivity index (χ3v) is 5.83. The van der Waals surface area contributed by atoms with Crippen molar-refractivity contribution in [3.8, 4) is 23.0 Å². The number of phenols is 4. The molecular formula is C27H28O12. The van der Waals surface area contributed by atoms with Crippen molar-refractivity contribution in [3.63, 3.8) is 0 Å². The van der Waals surface area contributed by atoms with Crippen molar-refractivity contribution in [2.24, 2.45) is 0 Å². The van der Waals surface area contributed by atoms with Gasteiger partial charge in [-0.3, -0.25) is 0 Å². The minimum Gasteiger partial charge on any atom is -0.504 e. The predicted molar refractivity (Wildman–Crippen MR) is 134 cm³/mol. The molecule has 12 nitrogen and oxygen atoms in total. The van der Waals surface area contributed by atoms with E-state index < -0.39 is 66.2 Å². The number of aromatic hydroxyl groups is 4. The Morgan fingerprint density at radius 3 is 1.85 bits per heavy atom. The van der Waals surface area contributed by atoms with Crippen LogP contribution in [-0.2, 0) is 28.6 Å². The number of rotatable bonds is 8. The second-order valence-corrected chi connectivity index (χ2v) is 8.77. The van der Waals surface area contributed by atoms with E-state index in [2.05, 4.69) is 0 Å². The number of carbonyl (C=O) groups excluding carboxylic acids is 3. The van der Waals surface area contributed by atoms with E-state index in [-0.39, 0.29) is 18.1 Å². The van der Waals surface area contributed by atoms with Crippen LogP contribution in [0.2, 0.25) is 0 Å². The summed E-state index contributed by atoms with van der Waals surface area (Å²) in [7, 11) is 0. The molecule has 6 N–H and O–H groups in total.